The van der Waals surface area contributed by atoms with Gasteiger partial charge in [-0.25, -0.2) is 0 Å². The predicted octanol–water partition coefficient (Wildman–Crippen LogP) is 7.27. The van der Waals surface area contributed by atoms with Gasteiger partial charge in [-0.2, -0.15) is 0 Å². The van der Waals surface area contributed by atoms with Gasteiger partial charge in [-0.05, 0) is 25.7 Å². The molecule has 0 aromatic rings. The number of nitrogens with zero attached hydrogens (tertiary/aromatic N) is 1. The van der Waals surface area contributed by atoms with Gasteiger partial charge in [0, 0.05) is 31.7 Å². The van der Waals surface area contributed by atoms with Gasteiger partial charge in [0.15, 0.2) is 0 Å². The highest BCUT2D eigenvalue weighted by atomic mass is 16.4. The number of rotatable bonds is 31. The number of carboxylic acid groups (broad SMARTS) is 3. The Balaban J connectivity index is 4.19. The molecule has 0 aromatic heterocycles. The first-order chi connectivity index (χ1) is 19.3. The Bertz CT molecular complexity index is 613. The quantitative estimate of drug-likeness (QED) is 0.0517. The molecular weight excluding hydrogens is 506 g/mol. The largest absolute Gasteiger partial charge is 0.550 e. The summed E-state index contributed by atoms with van der Waals surface area (Å²) in [4.78, 5) is 33.1. The van der Waals surface area contributed by atoms with Gasteiger partial charge in [-0.1, -0.05) is 103 Å². The van der Waals surface area contributed by atoms with Gasteiger partial charge in [0.2, 0.25) is 0 Å². The second-order valence-electron chi connectivity index (χ2n) is 11.7. The van der Waals surface area contributed by atoms with Crippen LogP contribution in [0.25, 0.3) is 0 Å². The number of hydrogen-bond donors (Lipinski definition) is 2. The molecule has 0 saturated carbocycles. The summed E-state index contributed by atoms with van der Waals surface area (Å²) in [5, 5.41) is 29.1. The average Bonchev–Trinajstić information content (AvgIpc) is 2.89. The van der Waals surface area contributed by atoms with Crippen LogP contribution in [0, 0.1) is 0 Å². The van der Waals surface area contributed by atoms with Crippen LogP contribution in [0.5, 0.6) is 0 Å². The summed E-state index contributed by atoms with van der Waals surface area (Å²) in [7, 11) is 0. The minimum atomic E-state index is -1.08. The summed E-state index contributed by atoms with van der Waals surface area (Å²) in [5.41, 5.74) is 0. The van der Waals surface area contributed by atoms with E-state index in [9.17, 15) is 19.5 Å². The molecule has 0 amide bonds. The molecule has 0 rings (SSSR count). The van der Waals surface area contributed by atoms with Crippen LogP contribution in [-0.2, 0) is 14.4 Å². The smallest absolute Gasteiger partial charge is 0.303 e. The van der Waals surface area contributed by atoms with E-state index >= 15 is 0 Å². The van der Waals surface area contributed by atoms with Crippen LogP contribution < -0.4 is 5.11 Å². The first kappa shape index (κ1) is 38.1. The Morgan fingerprint density at radius 2 is 0.875 bits per heavy atom. The second-order valence-corrected chi connectivity index (χ2v) is 11.7. The minimum Gasteiger partial charge on any atom is -0.550 e. The Morgan fingerprint density at radius 3 is 1.27 bits per heavy atom. The SMILES string of the molecule is CCCCCCCCCCCCCCCC/C=C/CCC[N+](CCCC(=O)[O-])(CCCC(=O)O)CCCC(=O)O. The first-order valence-electron chi connectivity index (χ1n) is 16.4. The molecule has 0 aliphatic heterocycles. The third kappa shape index (κ3) is 26.3. The van der Waals surface area contributed by atoms with Crippen molar-refractivity contribution in [2.45, 2.75) is 155 Å². The van der Waals surface area contributed by atoms with Gasteiger partial charge < -0.3 is 24.6 Å². The molecule has 0 fully saturated rings. The summed E-state index contributed by atoms with van der Waals surface area (Å²) in [6.45, 7) is 4.93. The molecule has 0 atom stereocenters. The summed E-state index contributed by atoms with van der Waals surface area (Å²) in [6.07, 6.45) is 28.1. The molecule has 0 saturated heterocycles. The Morgan fingerprint density at radius 1 is 0.525 bits per heavy atom. The monoisotopic (exact) mass is 567 g/mol. The van der Waals surface area contributed by atoms with E-state index < -0.39 is 17.9 Å². The molecule has 0 aliphatic carbocycles. The highest BCUT2D eigenvalue weighted by molar-refractivity contribution is 5.66. The lowest BCUT2D eigenvalue weighted by molar-refractivity contribution is -0.928. The van der Waals surface area contributed by atoms with E-state index in [1.165, 1.54) is 89.9 Å². The highest BCUT2D eigenvalue weighted by Crippen LogP contribution is 2.18. The second kappa shape index (κ2) is 27.3. The number of allylic oxidation sites excluding steroid dienone is 2. The van der Waals surface area contributed by atoms with E-state index in [1.54, 1.807) is 0 Å². The van der Waals surface area contributed by atoms with Crippen molar-refractivity contribution in [3.05, 3.63) is 12.2 Å². The molecule has 0 bridgehead atoms. The van der Waals surface area contributed by atoms with Gasteiger partial charge >= 0.3 is 11.9 Å². The minimum absolute atomic E-state index is 0.0308. The molecule has 2 N–H and O–H groups in total. The molecule has 0 unspecified atom stereocenters. The van der Waals surface area contributed by atoms with Gasteiger partial charge in [0.05, 0.1) is 39.0 Å². The van der Waals surface area contributed by atoms with E-state index in [1.807, 2.05) is 0 Å². The molecular formula is C33H61NO6. The molecule has 0 heterocycles. The molecule has 7 nitrogen and oxygen atoms in total. The maximum Gasteiger partial charge on any atom is 0.303 e. The lowest BCUT2D eigenvalue weighted by atomic mass is 10.0. The molecule has 0 radical (unpaired) electrons. The van der Waals surface area contributed by atoms with Crippen molar-refractivity contribution < 1.29 is 34.2 Å². The van der Waals surface area contributed by atoms with E-state index in [0.29, 0.717) is 43.4 Å². The van der Waals surface area contributed by atoms with E-state index in [2.05, 4.69) is 19.1 Å². The van der Waals surface area contributed by atoms with Crippen molar-refractivity contribution in [1.29, 1.82) is 0 Å². The van der Waals surface area contributed by atoms with Crippen LogP contribution in [-0.4, -0.2) is 58.8 Å². The van der Waals surface area contributed by atoms with Crippen molar-refractivity contribution in [2.75, 3.05) is 26.2 Å². The summed E-state index contributed by atoms with van der Waals surface area (Å²) in [6, 6.07) is 0. The zero-order valence-corrected chi connectivity index (χ0v) is 25.7. The van der Waals surface area contributed by atoms with Crippen molar-refractivity contribution >= 4 is 17.9 Å². The first-order valence-corrected chi connectivity index (χ1v) is 16.4. The maximum atomic E-state index is 11.1. The highest BCUT2D eigenvalue weighted by Gasteiger charge is 2.26. The van der Waals surface area contributed by atoms with E-state index in [-0.39, 0.29) is 19.3 Å². The van der Waals surface area contributed by atoms with Crippen molar-refractivity contribution in [3.63, 3.8) is 0 Å². The summed E-state index contributed by atoms with van der Waals surface area (Å²) < 4.78 is 0.584. The van der Waals surface area contributed by atoms with Crippen LogP contribution in [0.3, 0.4) is 0 Å². The number of aliphatic carboxylic acids is 3. The molecule has 0 aliphatic rings. The van der Waals surface area contributed by atoms with Gasteiger partial charge in [-0.15, -0.1) is 0 Å². The summed E-state index contributed by atoms with van der Waals surface area (Å²) in [5.74, 6) is -2.77. The van der Waals surface area contributed by atoms with Crippen molar-refractivity contribution in [3.8, 4) is 0 Å². The fourth-order valence-corrected chi connectivity index (χ4v) is 5.60. The number of carboxylic acids is 3. The van der Waals surface area contributed by atoms with Crippen LogP contribution in [0.4, 0.5) is 0 Å². The number of hydrogen-bond acceptors (Lipinski definition) is 4. The third-order valence-corrected chi connectivity index (χ3v) is 7.95. The van der Waals surface area contributed by atoms with E-state index in [0.717, 1.165) is 25.8 Å². The van der Waals surface area contributed by atoms with Crippen LogP contribution in [0.15, 0.2) is 12.2 Å². The zero-order valence-electron chi connectivity index (χ0n) is 25.7. The fourth-order valence-electron chi connectivity index (χ4n) is 5.60. The standard InChI is InChI=1S/C33H61NO6/c1-2-3-4-5-6-7-8-9-10-11-12-13-14-15-16-17-18-19-20-27-34(28-21-24-31(35)36,29-22-25-32(37)38)30-23-26-33(39)40/h17-18H,2-16,19-30H2,1H3,(H2-,35,36,37,38,39,40)/b18-17+. The zero-order chi connectivity index (χ0) is 29.7. The molecule has 40 heavy (non-hydrogen) atoms. The van der Waals surface area contributed by atoms with Gasteiger partial charge in [-0.3, -0.25) is 9.59 Å². The van der Waals surface area contributed by atoms with Crippen LogP contribution >= 0.6 is 0 Å². The third-order valence-electron chi connectivity index (χ3n) is 7.95. The normalized spacial score (nSPS) is 11.8. The fraction of sp³-hybridized carbons (Fsp3) is 0.848. The topological polar surface area (TPSA) is 115 Å². The summed E-state index contributed by atoms with van der Waals surface area (Å²) >= 11 is 0. The van der Waals surface area contributed by atoms with E-state index in [4.69, 9.17) is 10.2 Å². The lowest BCUT2D eigenvalue weighted by Gasteiger charge is -2.39. The van der Waals surface area contributed by atoms with Gasteiger partial charge in [0.25, 0.3) is 0 Å². The molecule has 234 valence electrons. The van der Waals surface area contributed by atoms with Gasteiger partial charge in [0.1, 0.15) is 0 Å². The number of unbranched alkanes of at least 4 members (excludes halogenated alkanes) is 15. The van der Waals surface area contributed by atoms with Crippen molar-refractivity contribution in [2.24, 2.45) is 0 Å². The Labute approximate surface area is 245 Å². The van der Waals surface area contributed by atoms with Crippen molar-refractivity contribution in [1.82, 2.24) is 0 Å². The number of carbonyl (C=O) groups is 3. The van der Waals surface area contributed by atoms with Crippen LogP contribution in [0.1, 0.15) is 155 Å². The maximum absolute atomic E-state index is 11.1. The average molecular weight is 568 g/mol. The molecule has 7 heteroatoms. The lowest BCUT2D eigenvalue weighted by Crippen LogP contribution is -2.51. The Hall–Kier alpha value is -1.89. The number of quaternary nitrogens is 1. The number of carbonyl (C=O) groups excluding carboxylic acids is 1. The molecule has 0 aromatic carbocycles. The van der Waals surface area contributed by atoms with Crippen LogP contribution in [0.2, 0.25) is 0 Å². The molecule has 0 spiro atoms. The predicted molar refractivity (Wildman–Crippen MR) is 161 cm³/mol. The Kier molecular flexibility index (Phi) is 26.0.